The predicted molar refractivity (Wildman–Crippen MR) is 115 cm³/mol. The van der Waals surface area contributed by atoms with E-state index < -0.39 is 17.7 Å². The fourth-order valence-corrected chi connectivity index (χ4v) is 3.34. The highest BCUT2D eigenvalue weighted by molar-refractivity contribution is 5.64. The van der Waals surface area contributed by atoms with E-state index in [4.69, 9.17) is 0 Å². The molecule has 1 fully saturated rings. The molecule has 0 aliphatic heterocycles. The molecule has 3 aromatic heterocycles. The van der Waals surface area contributed by atoms with Crippen molar-refractivity contribution in [3.8, 4) is 11.3 Å². The summed E-state index contributed by atoms with van der Waals surface area (Å²) in [6.07, 6.45) is 5.44. The van der Waals surface area contributed by atoms with Crippen LogP contribution in [-0.2, 0) is 0 Å². The van der Waals surface area contributed by atoms with Crippen LogP contribution < -0.4 is 10.6 Å². The number of aromatic nitrogens is 6. The topological polar surface area (TPSA) is 104 Å². The Hall–Kier alpha value is -3.95. The third-order valence-electron chi connectivity index (χ3n) is 5.18. The van der Waals surface area contributed by atoms with E-state index in [0.29, 0.717) is 29.1 Å². The normalized spacial score (nSPS) is 14.2. The molecular weight excluding hydrogens is 414 g/mol. The number of nitrogens with zero attached hydrogens (tertiary/aromatic N) is 5. The third kappa shape index (κ3) is 4.39. The highest BCUT2D eigenvalue weighted by Crippen LogP contribution is 2.38. The van der Waals surface area contributed by atoms with Gasteiger partial charge in [-0.05, 0) is 38.0 Å². The lowest BCUT2D eigenvalue weighted by Gasteiger charge is -2.16. The molecule has 0 radical (unpaired) electrons. The zero-order valence-electron chi connectivity index (χ0n) is 17.2. The maximum atomic E-state index is 14.2. The van der Waals surface area contributed by atoms with Crippen LogP contribution in [0.3, 0.4) is 0 Å². The number of nitrogens with one attached hydrogen (secondary N) is 3. The van der Waals surface area contributed by atoms with Crippen molar-refractivity contribution in [1.82, 2.24) is 30.1 Å². The second kappa shape index (κ2) is 8.29. The van der Waals surface area contributed by atoms with Gasteiger partial charge in [-0.15, -0.1) is 0 Å². The van der Waals surface area contributed by atoms with Gasteiger partial charge in [-0.3, -0.25) is 10.1 Å². The number of rotatable bonds is 7. The first-order chi connectivity index (χ1) is 15.5. The molecule has 8 nitrogen and oxygen atoms in total. The summed E-state index contributed by atoms with van der Waals surface area (Å²) in [6, 6.07) is 8.63. The van der Waals surface area contributed by atoms with Gasteiger partial charge in [-0.1, -0.05) is 6.07 Å². The van der Waals surface area contributed by atoms with Crippen LogP contribution in [0.5, 0.6) is 0 Å². The summed E-state index contributed by atoms with van der Waals surface area (Å²) in [4.78, 5) is 17.5. The van der Waals surface area contributed by atoms with Crippen LogP contribution in [0.4, 0.5) is 26.5 Å². The highest BCUT2D eigenvalue weighted by atomic mass is 19.1. The van der Waals surface area contributed by atoms with Gasteiger partial charge in [0.1, 0.15) is 17.5 Å². The summed E-state index contributed by atoms with van der Waals surface area (Å²) in [5, 5.41) is 13.4. The Labute approximate surface area is 182 Å². The van der Waals surface area contributed by atoms with E-state index >= 15 is 0 Å². The van der Waals surface area contributed by atoms with Gasteiger partial charge < -0.3 is 10.6 Å². The number of benzene rings is 1. The standard InChI is InChI=1S/C22H20F2N8/c1-12(16-5-4-15(23)10-17(16)24)26-21-28-20(14-2-3-14)29-22(30-21)27-19-11-18(31-32-19)13-6-8-25-9-7-13/h4-12,14H,2-3H2,1H3,(H3,26,27,28,29,30,31,32). The molecule has 162 valence electrons. The van der Waals surface area contributed by atoms with Crippen molar-refractivity contribution in [3.63, 3.8) is 0 Å². The second-order valence-electron chi connectivity index (χ2n) is 7.67. The molecule has 0 saturated heterocycles. The predicted octanol–water partition coefficient (Wildman–Crippen LogP) is 4.73. The van der Waals surface area contributed by atoms with Crippen molar-refractivity contribution in [3.05, 3.63) is 71.8 Å². The molecule has 1 aromatic carbocycles. The zero-order chi connectivity index (χ0) is 22.1. The molecule has 1 unspecified atom stereocenters. The molecule has 3 heterocycles. The van der Waals surface area contributed by atoms with Gasteiger partial charge in [0, 0.05) is 41.6 Å². The number of hydrogen-bond acceptors (Lipinski definition) is 7. The number of hydrogen-bond donors (Lipinski definition) is 3. The summed E-state index contributed by atoms with van der Waals surface area (Å²) in [5.41, 5.74) is 2.10. The summed E-state index contributed by atoms with van der Waals surface area (Å²) in [5.74, 6) is 0.902. The molecule has 0 spiro atoms. The summed E-state index contributed by atoms with van der Waals surface area (Å²) >= 11 is 0. The Morgan fingerprint density at radius 2 is 1.78 bits per heavy atom. The van der Waals surface area contributed by atoms with Crippen LogP contribution in [0.2, 0.25) is 0 Å². The van der Waals surface area contributed by atoms with E-state index in [1.807, 2.05) is 18.2 Å². The van der Waals surface area contributed by atoms with Crippen molar-refractivity contribution in [2.45, 2.75) is 31.7 Å². The van der Waals surface area contributed by atoms with Crippen LogP contribution in [0.15, 0.2) is 48.8 Å². The van der Waals surface area contributed by atoms with E-state index in [1.54, 1.807) is 19.3 Å². The molecule has 0 amide bonds. The van der Waals surface area contributed by atoms with Crippen LogP contribution in [0, 0.1) is 11.6 Å². The molecule has 1 atom stereocenters. The second-order valence-corrected chi connectivity index (χ2v) is 7.67. The molecule has 0 bridgehead atoms. The van der Waals surface area contributed by atoms with Crippen LogP contribution in [0.25, 0.3) is 11.3 Å². The Morgan fingerprint density at radius 3 is 2.53 bits per heavy atom. The van der Waals surface area contributed by atoms with Gasteiger partial charge in [0.2, 0.25) is 11.9 Å². The van der Waals surface area contributed by atoms with E-state index in [2.05, 4.69) is 40.8 Å². The summed E-state index contributed by atoms with van der Waals surface area (Å²) < 4.78 is 27.4. The van der Waals surface area contributed by atoms with Gasteiger partial charge in [-0.2, -0.15) is 20.1 Å². The van der Waals surface area contributed by atoms with Crippen molar-refractivity contribution in [2.75, 3.05) is 10.6 Å². The zero-order valence-corrected chi connectivity index (χ0v) is 17.2. The first-order valence-electron chi connectivity index (χ1n) is 10.3. The average Bonchev–Trinajstić information content (AvgIpc) is 3.53. The Bertz CT molecular complexity index is 1240. The van der Waals surface area contributed by atoms with Gasteiger partial charge in [0.15, 0.2) is 5.82 Å². The Balaban J connectivity index is 1.38. The number of anilines is 3. The van der Waals surface area contributed by atoms with Crippen molar-refractivity contribution in [1.29, 1.82) is 0 Å². The van der Waals surface area contributed by atoms with E-state index in [1.165, 1.54) is 12.1 Å². The van der Waals surface area contributed by atoms with Gasteiger partial charge in [0.25, 0.3) is 0 Å². The molecule has 4 aromatic rings. The SMILES string of the molecule is CC(Nc1nc(Nc2cc(-c3ccncc3)[nH]n2)nc(C2CC2)n1)c1ccc(F)cc1F. The minimum atomic E-state index is -0.625. The van der Waals surface area contributed by atoms with Gasteiger partial charge >= 0.3 is 0 Å². The fraction of sp³-hybridized carbons (Fsp3) is 0.227. The molecule has 3 N–H and O–H groups in total. The van der Waals surface area contributed by atoms with Crippen molar-refractivity contribution < 1.29 is 8.78 Å². The smallest absolute Gasteiger partial charge is 0.233 e. The quantitative estimate of drug-likeness (QED) is 0.386. The molecule has 1 aliphatic carbocycles. The number of H-pyrrole nitrogens is 1. The molecule has 1 aliphatic rings. The largest absolute Gasteiger partial charge is 0.347 e. The molecule has 10 heteroatoms. The van der Waals surface area contributed by atoms with E-state index in [0.717, 1.165) is 30.2 Å². The van der Waals surface area contributed by atoms with Crippen LogP contribution >= 0.6 is 0 Å². The third-order valence-corrected chi connectivity index (χ3v) is 5.18. The lowest BCUT2D eigenvalue weighted by Crippen LogP contribution is -2.14. The average molecular weight is 434 g/mol. The minimum absolute atomic E-state index is 0.281. The minimum Gasteiger partial charge on any atom is -0.347 e. The van der Waals surface area contributed by atoms with E-state index in [9.17, 15) is 8.78 Å². The molecule has 32 heavy (non-hydrogen) atoms. The first kappa shape index (κ1) is 20.0. The van der Waals surface area contributed by atoms with Crippen LogP contribution in [0.1, 0.15) is 43.1 Å². The summed E-state index contributed by atoms with van der Waals surface area (Å²) in [6.45, 7) is 1.76. The maximum absolute atomic E-state index is 14.2. The number of aromatic amines is 1. The lowest BCUT2D eigenvalue weighted by molar-refractivity contribution is 0.566. The maximum Gasteiger partial charge on any atom is 0.233 e. The van der Waals surface area contributed by atoms with Crippen molar-refractivity contribution in [2.24, 2.45) is 0 Å². The number of halogens is 2. The first-order valence-corrected chi connectivity index (χ1v) is 10.3. The molecular formula is C22H20F2N8. The van der Waals surface area contributed by atoms with Gasteiger partial charge in [-0.25, -0.2) is 8.78 Å². The highest BCUT2D eigenvalue weighted by Gasteiger charge is 2.28. The fourth-order valence-electron chi connectivity index (χ4n) is 3.34. The Morgan fingerprint density at radius 1 is 1.00 bits per heavy atom. The van der Waals surface area contributed by atoms with Crippen LogP contribution in [-0.4, -0.2) is 30.1 Å². The molecule has 5 rings (SSSR count). The molecule has 1 saturated carbocycles. The van der Waals surface area contributed by atoms with Gasteiger partial charge in [0.05, 0.1) is 11.7 Å². The lowest BCUT2D eigenvalue weighted by atomic mass is 10.1. The summed E-state index contributed by atoms with van der Waals surface area (Å²) in [7, 11) is 0. The Kier molecular flexibility index (Phi) is 5.18. The van der Waals surface area contributed by atoms with E-state index in [-0.39, 0.29) is 5.92 Å². The monoisotopic (exact) mass is 434 g/mol. The van der Waals surface area contributed by atoms with Crippen molar-refractivity contribution >= 4 is 17.7 Å². The number of pyridine rings is 1.